The van der Waals surface area contributed by atoms with Crippen LogP contribution >= 0.6 is 0 Å². The minimum absolute atomic E-state index is 0.706. The molecule has 1 saturated heterocycles. The Kier molecular flexibility index (Phi) is 6.01. The Bertz CT molecular complexity index is 667. The molecule has 0 amide bonds. The molecule has 3 unspecified atom stereocenters. The van der Waals surface area contributed by atoms with Crippen LogP contribution in [0.1, 0.15) is 57.8 Å². The summed E-state index contributed by atoms with van der Waals surface area (Å²) in [6.45, 7) is 5.83. The Labute approximate surface area is 177 Å². The second kappa shape index (κ2) is 8.85. The van der Waals surface area contributed by atoms with E-state index in [4.69, 9.17) is 0 Å². The molecule has 2 saturated carbocycles. The van der Waals surface area contributed by atoms with E-state index in [0.29, 0.717) is 6.04 Å². The molecular formula is C25H40N4. The maximum absolute atomic E-state index is 3.32. The molecule has 1 aromatic rings. The number of benzene rings is 1. The van der Waals surface area contributed by atoms with Crippen LogP contribution < -0.4 is 15.1 Å². The van der Waals surface area contributed by atoms with Gasteiger partial charge < -0.3 is 15.1 Å². The molecule has 4 nitrogen and oxygen atoms in total. The third-order valence-corrected chi connectivity index (χ3v) is 8.43. The summed E-state index contributed by atoms with van der Waals surface area (Å²) < 4.78 is 0. The lowest BCUT2D eigenvalue weighted by atomic mass is 9.67. The van der Waals surface area contributed by atoms with Gasteiger partial charge in [-0.25, -0.2) is 0 Å². The first kappa shape index (κ1) is 19.7. The van der Waals surface area contributed by atoms with Gasteiger partial charge in [0.2, 0.25) is 0 Å². The van der Waals surface area contributed by atoms with Crippen LogP contribution in [0.4, 0.5) is 11.4 Å². The van der Waals surface area contributed by atoms with E-state index in [9.17, 15) is 0 Å². The predicted molar refractivity (Wildman–Crippen MR) is 123 cm³/mol. The summed E-state index contributed by atoms with van der Waals surface area (Å²) in [4.78, 5) is 8.19. The number of nitrogens with one attached hydrogen (secondary N) is 1. The van der Waals surface area contributed by atoms with E-state index in [2.05, 4.69) is 51.3 Å². The molecule has 29 heavy (non-hydrogen) atoms. The van der Waals surface area contributed by atoms with E-state index in [0.717, 1.165) is 37.6 Å². The van der Waals surface area contributed by atoms with Crippen LogP contribution in [-0.4, -0.2) is 56.9 Å². The van der Waals surface area contributed by atoms with E-state index >= 15 is 0 Å². The fourth-order valence-electron chi connectivity index (χ4n) is 6.95. The molecular weight excluding hydrogens is 356 g/mol. The molecule has 2 aliphatic carbocycles. The minimum atomic E-state index is 0.706. The van der Waals surface area contributed by atoms with Crippen LogP contribution in [0.5, 0.6) is 0 Å². The molecule has 2 aliphatic heterocycles. The van der Waals surface area contributed by atoms with Crippen molar-refractivity contribution >= 4 is 11.4 Å². The third-order valence-electron chi connectivity index (χ3n) is 8.43. The molecule has 1 aromatic carbocycles. The largest absolute Gasteiger partial charge is 0.351 e. The second-order valence-corrected chi connectivity index (χ2v) is 9.94. The van der Waals surface area contributed by atoms with Gasteiger partial charge in [-0.1, -0.05) is 44.2 Å². The first-order chi connectivity index (χ1) is 14.3. The lowest BCUT2D eigenvalue weighted by Crippen LogP contribution is -2.53. The Morgan fingerprint density at radius 2 is 1.66 bits per heavy atom. The number of piperidine rings is 1. The molecule has 2 heterocycles. The lowest BCUT2D eigenvalue weighted by Gasteiger charge is -2.49. The number of hydrogen-bond acceptors (Lipinski definition) is 4. The number of nitrogens with zero attached hydrogens (tertiary/aromatic N) is 3. The Morgan fingerprint density at radius 1 is 0.897 bits per heavy atom. The highest BCUT2D eigenvalue weighted by atomic mass is 15.4. The number of likely N-dealkylation sites (tertiary alicyclic amines) is 1. The molecule has 3 fully saturated rings. The topological polar surface area (TPSA) is 21.8 Å². The SMILES string of the molecule is CNCCN1CN(C2CCN(C3CCCC4CCCCC43)CC2)c2ccccc21. The number of anilines is 2. The number of hydrogen-bond donors (Lipinski definition) is 1. The van der Waals surface area contributed by atoms with E-state index in [1.54, 1.807) is 0 Å². The molecule has 5 rings (SSSR count). The maximum atomic E-state index is 3.32. The van der Waals surface area contributed by atoms with E-state index < -0.39 is 0 Å². The number of fused-ring (bicyclic) bond motifs is 2. The average Bonchev–Trinajstić information content (AvgIpc) is 3.16. The fourth-order valence-corrected chi connectivity index (χ4v) is 6.95. The van der Waals surface area contributed by atoms with Crippen LogP contribution in [0.25, 0.3) is 0 Å². The Morgan fingerprint density at radius 3 is 2.48 bits per heavy atom. The van der Waals surface area contributed by atoms with Crippen LogP contribution in [0.15, 0.2) is 24.3 Å². The summed E-state index contributed by atoms with van der Waals surface area (Å²) in [5.41, 5.74) is 2.90. The summed E-state index contributed by atoms with van der Waals surface area (Å²) in [5, 5.41) is 3.32. The summed E-state index contributed by atoms with van der Waals surface area (Å²) in [6.07, 6.45) is 13.1. The van der Waals surface area contributed by atoms with E-state index in [1.807, 2.05) is 0 Å². The Hall–Kier alpha value is -1.26. The van der Waals surface area contributed by atoms with Crippen LogP contribution in [0, 0.1) is 11.8 Å². The van der Waals surface area contributed by atoms with Crippen LogP contribution in [-0.2, 0) is 0 Å². The van der Waals surface area contributed by atoms with E-state index in [-0.39, 0.29) is 0 Å². The predicted octanol–water partition coefficient (Wildman–Crippen LogP) is 4.31. The van der Waals surface area contributed by atoms with Gasteiger partial charge in [0, 0.05) is 38.3 Å². The van der Waals surface area contributed by atoms with Crippen molar-refractivity contribution in [2.45, 2.75) is 69.9 Å². The normalized spacial score (nSPS) is 31.0. The number of para-hydroxylation sites is 2. The molecule has 3 atom stereocenters. The number of likely N-dealkylation sites (N-methyl/N-ethyl adjacent to an activating group) is 1. The van der Waals surface area contributed by atoms with Crippen molar-refractivity contribution in [1.29, 1.82) is 0 Å². The van der Waals surface area contributed by atoms with Crippen molar-refractivity contribution < 1.29 is 0 Å². The van der Waals surface area contributed by atoms with Gasteiger partial charge in [-0.3, -0.25) is 4.90 Å². The molecule has 4 heteroatoms. The Balaban J connectivity index is 1.23. The average molecular weight is 397 g/mol. The van der Waals surface area contributed by atoms with E-state index in [1.165, 1.54) is 82.3 Å². The monoisotopic (exact) mass is 396 g/mol. The van der Waals surface area contributed by atoms with Crippen molar-refractivity contribution in [3.63, 3.8) is 0 Å². The molecule has 0 radical (unpaired) electrons. The lowest BCUT2D eigenvalue weighted by molar-refractivity contribution is 0.0269. The standard InChI is InChI=1S/C25H40N4/c1-26-15-18-28-19-29(25-11-5-4-10-24(25)28)21-13-16-27(17-14-21)23-12-6-8-20-7-2-3-9-22(20)23/h4-5,10-11,20-23,26H,2-3,6-9,12-19H2,1H3. The molecule has 4 aliphatic rings. The summed E-state index contributed by atoms with van der Waals surface area (Å²) >= 11 is 0. The van der Waals surface area contributed by atoms with Gasteiger partial charge in [-0.15, -0.1) is 0 Å². The van der Waals surface area contributed by atoms with Gasteiger partial charge >= 0.3 is 0 Å². The zero-order valence-electron chi connectivity index (χ0n) is 18.4. The van der Waals surface area contributed by atoms with Gasteiger partial charge in [-0.2, -0.15) is 0 Å². The van der Waals surface area contributed by atoms with Gasteiger partial charge in [0.1, 0.15) is 0 Å². The molecule has 0 aromatic heterocycles. The highest BCUT2D eigenvalue weighted by Gasteiger charge is 2.40. The number of rotatable bonds is 5. The van der Waals surface area contributed by atoms with Crippen molar-refractivity contribution in [2.75, 3.05) is 49.7 Å². The molecule has 160 valence electrons. The smallest absolute Gasteiger partial charge is 0.0907 e. The fraction of sp³-hybridized carbons (Fsp3) is 0.760. The summed E-state index contributed by atoms with van der Waals surface area (Å²) in [5.74, 6) is 2.06. The zero-order valence-corrected chi connectivity index (χ0v) is 18.4. The maximum Gasteiger partial charge on any atom is 0.0907 e. The van der Waals surface area contributed by atoms with Gasteiger partial charge in [0.25, 0.3) is 0 Å². The van der Waals surface area contributed by atoms with Crippen molar-refractivity contribution in [3.8, 4) is 0 Å². The highest BCUT2D eigenvalue weighted by Crippen LogP contribution is 2.44. The zero-order chi connectivity index (χ0) is 19.6. The first-order valence-electron chi connectivity index (χ1n) is 12.3. The minimum Gasteiger partial charge on any atom is -0.351 e. The van der Waals surface area contributed by atoms with Crippen molar-refractivity contribution in [2.24, 2.45) is 11.8 Å². The van der Waals surface area contributed by atoms with Gasteiger partial charge in [0.15, 0.2) is 0 Å². The highest BCUT2D eigenvalue weighted by molar-refractivity contribution is 5.76. The van der Waals surface area contributed by atoms with Crippen LogP contribution in [0.2, 0.25) is 0 Å². The molecule has 0 bridgehead atoms. The molecule has 0 spiro atoms. The first-order valence-corrected chi connectivity index (χ1v) is 12.3. The summed E-state index contributed by atoms with van der Waals surface area (Å²) in [6, 6.07) is 10.7. The van der Waals surface area contributed by atoms with Crippen molar-refractivity contribution in [1.82, 2.24) is 10.2 Å². The molecule has 1 N–H and O–H groups in total. The summed E-state index contributed by atoms with van der Waals surface area (Å²) in [7, 11) is 2.05. The van der Waals surface area contributed by atoms with Gasteiger partial charge in [-0.05, 0) is 56.7 Å². The van der Waals surface area contributed by atoms with Crippen LogP contribution in [0.3, 0.4) is 0 Å². The quantitative estimate of drug-likeness (QED) is 0.800. The second-order valence-electron chi connectivity index (χ2n) is 9.94. The van der Waals surface area contributed by atoms with Gasteiger partial charge in [0.05, 0.1) is 18.0 Å². The third kappa shape index (κ3) is 3.90. The van der Waals surface area contributed by atoms with Crippen molar-refractivity contribution in [3.05, 3.63) is 24.3 Å².